The highest BCUT2D eigenvalue weighted by molar-refractivity contribution is 6.30. The third kappa shape index (κ3) is 3.90. The smallest absolute Gasteiger partial charge is 0.103 e. The molecular weight excluding hydrogens is 296 g/mol. The number of piperazine rings is 1. The lowest BCUT2D eigenvalue weighted by molar-refractivity contribution is -0.918. The van der Waals surface area contributed by atoms with Crippen LogP contribution in [0.1, 0.15) is 11.3 Å². The van der Waals surface area contributed by atoms with Crippen LogP contribution in [0.3, 0.4) is 0 Å². The Labute approximate surface area is 136 Å². The molecule has 1 aromatic heterocycles. The fourth-order valence-corrected chi connectivity index (χ4v) is 2.87. The predicted molar refractivity (Wildman–Crippen MR) is 90.4 cm³/mol. The standard InChI is InChI=1S/C17H21ClN4/c1-20-8-2-3-17(20)13-19-22-11-9-21(10-12-22)14-15-4-6-16(18)7-5-15/h2-8,13H,9-12,14H2,1H3/p+1. The summed E-state index contributed by atoms with van der Waals surface area (Å²) in [5.74, 6) is 0. The SMILES string of the molecule is Cn1cccc1C=NN1CC[NH+](Cc2ccc(Cl)cc2)CC1. The van der Waals surface area contributed by atoms with Crippen LogP contribution in [-0.4, -0.2) is 42.0 Å². The number of aryl methyl sites for hydroxylation is 1. The first kappa shape index (κ1) is 15.1. The molecule has 0 radical (unpaired) electrons. The number of hydrazone groups is 1. The fourth-order valence-electron chi connectivity index (χ4n) is 2.74. The number of hydrogen-bond acceptors (Lipinski definition) is 2. The van der Waals surface area contributed by atoms with E-state index in [9.17, 15) is 0 Å². The second-order valence-corrected chi connectivity index (χ2v) is 6.23. The van der Waals surface area contributed by atoms with Crippen molar-refractivity contribution in [1.29, 1.82) is 0 Å². The van der Waals surface area contributed by atoms with Crippen molar-refractivity contribution in [2.75, 3.05) is 26.2 Å². The van der Waals surface area contributed by atoms with E-state index in [1.807, 2.05) is 37.7 Å². The van der Waals surface area contributed by atoms with Gasteiger partial charge in [0.2, 0.25) is 0 Å². The molecule has 5 heteroatoms. The average molecular weight is 318 g/mol. The van der Waals surface area contributed by atoms with Gasteiger partial charge in [-0.25, -0.2) is 0 Å². The zero-order chi connectivity index (χ0) is 15.4. The van der Waals surface area contributed by atoms with Crippen molar-refractivity contribution < 1.29 is 4.90 Å². The molecule has 0 spiro atoms. The van der Waals surface area contributed by atoms with E-state index in [1.165, 1.54) is 5.56 Å². The number of quaternary nitrogens is 1. The van der Waals surface area contributed by atoms with Crippen LogP contribution in [0, 0.1) is 0 Å². The summed E-state index contributed by atoms with van der Waals surface area (Å²) in [6, 6.07) is 12.3. The minimum absolute atomic E-state index is 0.804. The van der Waals surface area contributed by atoms with Gasteiger partial charge in [-0.2, -0.15) is 5.10 Å². The molecule has 3 rings (SSSR count). The van der Waals surface area contributed by atoms with E-state index in [1.54, 1.807) is 4.90 Å². The number of rotatable bonds is 4. The summed E-state index contributed by atoms with van der Waals surface area (Å²) in [5, 5.41) is 7.57. The van der Waals surface area contributed by atoms with Crippen molar-refractivity contribution in [3.8, 4) is 0 Å². The van der Waals surface area contributed by atoms with Crippen molar-refractivity contribution in [3.63, 3.8) is 0 Å². The number of aromatic nitrogens is 1. The summed E-state index contributed by atoms with van der Waals surface area (Å²) in [7, 11) is 2.04. The third-order valence-corrected chi connectivity index (χ3v) is 4.40. The van der Waals surface area contributed by atoms with E-state index in [0.29, 0.717) is 0 Å². The molecule has 0 atom stereocenters. The molecule has 1 fully saturated rings. The summed E-state index contributed by atoms with van der Waals surface area (Å²) in [6.45, 7) is 5.31. The van der Waals surface area contributed by atoms with Crippen LogP contribution in [0.2, 0.25) is 5.02 Å². The summed E-state index contributed by atoms with van der Waals surface area (Å²) in [5.41, 5.74) is 2.48. The van der Waals surface area contributed by atoms with Crippen LogP contribution in [0.5, 0.6) is 0 Å². The highest BCUT2D eigenvalue weighted by atomic mass is 35.5. The van der Waals surface area contributed by atoms with Gasteiger partial charge in [0, 0.05) is 23.8 Å². The Morgan fingerprint density at radius 1 is 1.18 bits per heavy atom. The summed E-state index contributed by atoms with van der Waals surface area (Å²) in [6.07, 6.45) is 3.99. The maximum Gasteiger partial charge on any atom is 0.103 e. The third-order valence-electron chi connectivity index (χ3n) is 4.15. The molecule has 116 valence electrons. The normalized spacial score (nSPS) is 16.5. The van der Waals surface area contributed by atoms with E-state index in [2.05, 4.69) is 32.9 Å². The summed E-state index contributed by atoms with van der Waals surface area (Å²) in [4.78, 5) is 1.60. The number of benzene rings is 1. The number of hydrogen-bond donors (Lipinski definition) is 1. The molecule has 1 aromatic carbocycles. The maximum absolute atomic E-state index is 5.93. The molecular formula is C17H22ClN4+. The highest BCUT2D eigenvalue weighted by Gasteiger charge is 2.18. The first-order valence-electron chi connectivity index (χ1n) is 7.69. The fraction of sp³-hybridized carbons (Fsp3) is 0.353. The van der Waals surface area contributed by atoms with Crippen molar-refractivity contribution in [2.24, 2.45) is 12.1 Å². The monoisotopic (exact) mass is 317 g/mol. The van der Waals surface area contributed by atoms with Gasteiger partial charge < -0.3 is 9.47 Å². The van der Waals surface area contributed by atoms with Gasteiger partial charge in [-0.1, -0.05) is 23.7 Å². The van der Waals surface area contributed by atoms with Gasteiger partial charge in [-0.15, -0.1) is 0 Å². The predicted octanol–water partition coefficient (Wildman–Crippen LogP) is 1.41. The highest BCUT2D eigenvalue weighted by Crippen LogP contribution is 2.08. The van der Waals surface area contributed by atoms with Gasteiger partial charge in [0.15, 0.2) is 0 Å². The molecule has 1 aliphatic heterocycles. The van der Waals surface area contributed by atoms with Crippen molar-refractivity contribution >= 4 is 17.8 Å². The van der Waals surface area contributed by atoms with Gasteiger partial charge in [0.05, 0.1) is 38.1 Å². The van der Waals surface area contributed by atoms with E-state index < -0.39 is 0 Å². The van der Waals surface area contributed by atoms with Gasteiger partial charge in [0.1, 0.15) is 6.54 Å². The van der Waals surface area contributed by atoms with Crippen molar-refractivity contribution in [3.05, 3.63) is 58.9 Å². The second kappa shape index (κ2) is 6.99. The largest absolute Gasteiger partial charge is 0.350 e. The van der Waals surface area contributed by atoms with Gasteiger partial charge in [-0.3, -0.25) is 5.01 Å². The Hall–Kier alpha value is -1.78. The van der Waals surface area contributed by atoms with Crippen LogP contribution < -0.4 is 4.90 Å². The van der Waals surface area contributed by atoms with Crippen LogP contribution in [-0.2, 0) is 13.6 Å². The van der Waals surface area contributed by atoms with Gasteiger partial charge >= 0.3 is 0 Å². The number of nitrogens with zero attached hydrogens (tertiary/aromatic N) is 3. The minimum Gasteiger partial charge on any atom is -0.350 e. The topological polar surface area (TPSA) is 25.0 Å². The zero-order valence-corrected chi connectivity index (χ0v) is 13.6. The Morgan fingerprint density at radius 2 is 1.91 bits per heavy atom. The molecule has 0 bridgehead atoms. The van der Waals surface area contributed by atoms with E-state index in [4.69, 9.17) is 11.6 Å². The minimum atomic E-state index is 0.804. The lowest BCUT2D eigenvalue weighted by Crippen LogP contribution is -3.13. The molecule has 0 unspecified atom stereocenters. The molecule has 1 saturated heterocycles. The Morgan fingerprint density at radius 3 is 2.55 bits per heavy atom. The maximum atomic E-state index is 5.93. The molecule has 2 heterocycles. The molecule has 4 nitrogen and oxygen atoms in total. The Bertz CT molecular complexity index is 624. The molecule has 1 aliphatic rings. The molecule has 0 aliphatic carbocycles. The van der Waals surface area contributed by atoms with Crippen LogP contribution in [0.25, 0.3) is 0 Å². The number of nitrogens with one attached hydrogen (secondary N) is 1. The van der Waals surface area contributed by atoms with E-state index in [-0.39, 0.29) is 0 Å². The molecule has 0 saturated carbocycles. The summed E-state index contributed by atoms with van der Waals surface area (Å²) >= 11 is 5.93. The second-order valence-electron chi connectivity index (χ2n) is 5.80. The van der Waals surface area contributed by atoms with Crippen molar-refractivity contribution in [2.45, 2.75) is 6.54 Å². The van der Waals surface area contributed by atoms with Crippen LogP contribution >= 0.6 is 11.6 Å². The average Bonchev–Trinajstić information content (AvgIpc) is 2.94. The zero-order valence-electron chi connectivity index (χ0n) is 12.9. The van der Waals surface area contributed by atoms with Crippen LogP contribution in [0.15, 0.2) is 47.7 Å². The summed E-state index contributed by atoms with van der Waals surface area (Å²) < 4.78 is 2.07. The first-order chi connectivity index (χ1) is 10.7. The van der Waals surface area contributed by atoms with E-state index in [0.717, 1.165) is 43.4 Å². The molecule has 2 aromatic rings. The lowest BCUT2D eigenvalue weighted by atomic mass is 10.2. The Balaban J connectivity index is 1.49. The van der Waals surface area contributed by atoms with Gasteiger partial charge in [0.25, 0.3) is 0 Å². The molecule has 1 N–H and O–H groups in total. The van der Waals surface area contributed by atoms with E-state index >= 15 is 0 Å². The lowest BCUT2D eigenvalue weighted by Gasteiger charge is -2.30. The Kier molecular flexibility index (Phi) is 4.80. The molecule has 22 heavy (non-hydrogen) atoms. The van der Waals surface area contributed by atoms with Crippen molar-refractivity contribution in [1.82, 2.24) is 9.58 Å². The molecule has 0 amide bonds. The quantitative estimate of drug-likeness (QED) is 0.848. The number of halogens is 1. The van der Waals surface area contributed by atoms with Gasteiger partial charge in [-0.05, 0) is 24.3 Å². The van der Waals surface area contributed by atoms with Crippen LogP contribution in [0.4, 0.5) is 0 Å². The first-order valence-corrected chi connectivity index (χ1v) is 8.07.